The molecule has 0 N–H and O–H groups in total. The van der Waals surface area contributed by atoms with E-state index in [1.807, 2.05) is 12.1 Å². The Morgan fingerprint density at radius 3 is 2.53 bits per heavy atom. The quantitative estimate of drug-likeness (QED) is 0.211. The predicted octanol–water partition coefficient (Wildman–Crippen LogP) is 2.49. The van der Waals surface area contributed by atoms with E-state index in [2.05, 4.69) is 5.10 Å². The van der Waals surface area contributed by atoms with Gasteiger partial charge in [-0.1, -0.05) is 0 Å². The molecule has 2 aromatic heterocycles. The minimum absolute atomic E-state index is 0.196. The van der Waals surface area contributed by atoms with Gasteiger partial charge in [-0.05, 0) is 55.5 Å². The summed E-state index contributed by atoms with van der Waals surface area (Å²) in [7, 11) is 1.58. The number of hydrogen-bond donors (Lipinski definition) is 0. The fraction of sp³-hybridized carbons (Fsp3) is 0.250. The van der Waals surface area contributed by atoms with E-state index in [0.717, 1.165) is 10.3 Å². The first-order valence-electron chi connectivity index (χ1n) is 10.6. The van der Waals surface area contributed by atoms with Crippen LogP contribution in [0, 0.1) is 0 Å². The summed E-state index contributed by atoms with van der Waals surface area (Å²) in [6.07, 6.45) is -0.329. The number of aldehydes is 1. The van der Waals surface area contributed by atoms with E-state index >= 15 is 0 Å². The number of rotatable bonds is 9. The predicted molar refractivity (Wildman–Crippen MR) is 123 cm³/mol. The van der Waals surface area contributed by atoms with Crippen LogP contribution in [-0.4, -0.2) is 53.2 Å². The lowest BCUT2D eigenvalue weighted by Crippen LogP contribution is -2.35. The molecule has 10 heteroatoms. The molecule has 10 nitrogen and oxygen atoms in total. The Kier molecular flexibility index (Phi) is 6.60. The van der Waals surface area contributed by atoms with Crippen molar-refractivity contribution in [2.75, 3.05) is 20.3 Å². The van der Waals surface area contributed by atoms with Gasteiger partial charge in [0.25, 0.3) is 0 Å². The molecule has 0 fully saturated rings. The van der Waals surface area contributed by atoms with Crippen LogP contribution < -0.4 is 15.1 Å². The maximum Gasteiger partial charge on any atom is 0.338 e. The molecule has 2 heterocycles. The lowest BCUT2D eigenvalue weighted by molar-refractivity contribution is -0.142. The first-order chi connectivity index (χ1) is 16.5. The SMILES string of the molecule is CCOC(=O)c1ccc2c(c1)n(OC(C)OCC=O)c(=O)c1cc(-c3ccc(OC)cc3)nn12. The summed E-state index contributed by atoms with van der Waals surface area (Å²) in [5.41, 5.74) is 2.15. The van der Waals surface area contributed by atoms with Crippen LogP contribution in [0.3, 0.4) is 0 Å². The molecule has 34 heavy (non-hydrogen) atoms. The fourth-order valence-corrected chi connectivity index (χ4v) is 3.50. The van der Waals surface area contributed by atoms with Crippen LogP contribution in [0.25, 0.3) is 27.8 Å². The Morgan fingerprint density at radius 2 is 1.85 bits per heavy atom. The summed E-state index contributed by atoms with van der Waals surface area (Å²) in [4.78, 5) is 42.1. The van der Waals surface area contributed by atoms with Gasteiger partial charge in [0.15, 0.2) is 0 Å². The van der Waals surface area contributed by atoms with Crippen LogP contribution in [-0.2, 0) is 14.3 Å². The second-order valence-electron chi connectivity index (χ2n) is 7.25. The molecule has 0 aliphatic heterocycles. The highest BCUT2D eigenvalue weighted by Crippen LogP contribution is 2.24. The van der Waals surface area contributed by atoms with E-state index in [0.29, 0.717) is 23.2 Å². The molecule has 4 rings (SSSR count). The molecule has 0 aliphatic rings. The number of methoxy groups -OCH3 is 1. The van der Waals surface area contributed by atoms with Crippen molar-refractivity contribution in [2.24, 2.45) is 0 Å². The van der Waals surface area contributed by atoms with Gasteiger partial charge in [-0.2, -0.15) is 5.10 Å². The molecule has 0 bridgehead atoms. The van der Waals surface area contributed by atoms with Crippen molar-refractivity contribution < 1.29 is 28.6 Å². The summed E-state index contributed by atoms with van der Waals surface area (Å²) in [5.74, 6) is 0.165. The smallest absolute Gasteiger partial charge is 0.338 e. The molecule has 176 valence electrons. The Balaban J connectivity index is 1.91. The lowest BCUT2D eigenvalue weighted by atomic mass is 10.1. The van der Waals surface area contributed by atoms with Crippen LogP contribution >= 0.6 is 0 Å². The highest BCUT2D eigenvalue weighted by atomic mass is 16.8. The van der Waals surface area contributed by atoms with Gasteiger partial charge < -0.3 is 23.8 Å². The summed E-state index contributed by atoms with van der Waals surface area (Å²) in [6.45, 7) is 3.27. The normalized spacial score (nSPS) is 12.0. The third-order valence-electron chi connectivity index (χ3n) is 5.09. The third kappa shape index (κ3) is 4.35. The van der Waals surface area contributed by atoms with E-state index in [4.69, 9.17) is 19.0 Å². The Bertz CT molecular complexity index is 1410. The highest BCUT2D eigenvalue weighted by Gasteiger charge is 2.19. The van der Waals surface area contributed by atoms with Crippen molar-refractivity contribution in [1.82, 2.24) is 14.3 Å². The molecule has 0 radical (unpaired) electrons. The summed E-state index contributed by atoms with van der Waals surface area (Å²) >= 11 is 0. The van der Waals surface area contributed by atoms with Crippen LogP contribution in [0.4, 0.5) is 0 Å². The molecule has 0 spiro atoms. The number of esters is 1. The number of hydrogen-bond acceptors (Lipinski definition) is 8. The minimum atomic E-state index is -0.913. The second-order valence-corrected chi connectivity index (χ2v) is 7.25. The maximum atomic E-state index is 13.4. The highest BCUT2D eigenvalue weighted by molar-refractivity contribution is 5.94. The van der Waals surface area contributed by atoms with E-state index in [9.17, 15) is 14.4 Å². The Hall–Kier alpha value is -4.18. The van der Waals surface area contributed by atoms with Crippen molar-refractivity contribution in [3.8, 4) is 17.0 Å². The van der Waals surface area contributed by atoms with Crippen LogP contribution in [0.2, 0.25) is 0 Å². The number of carbonyl (C=O) groups excluding carboxylic acids is 2. The first-order valence-corrected chi connectivity index (χ1v) is 10.6. The molecule has 0 saturated heterocycles. The molecule has 2 aromatic carbocycles. The monoisotopic (exact) mass is 465 g/mol. The molecular formula is C24H23N3O7. The topological polar surface area (TPSA) is 110 Å². The van der Waals surface area contributed by atoms with E-state index in [-0.39, 0.29) is 29.8 Å². The van der Waals surface area contributed by atoms with Gasteiger partial charge >= 0.3 is 11.5 Å². The van der Waals surface area contributed by atoms with Crippen molar-refractivity contribution in [2.45, 2.75) is 20.1 Å². The number of ether oxygens (including phenoxy) is 3. The first kappa shape index (κ1) is 23.0. The number of aromatic nitrogens is 3. The van der Waals surface area contributed by atoms with E-state index in [1.165, 1.54) is 10.6 Å². The zero-order valence-corrected chi connectivity index (χ0v) is 18.9. The summed E-state index contributed by atoms with van der Waals surface area (Å²) in [5, 5.41) is 4.62. The van der Waals surface area contributed by atoms with Gasteiger partial charge in [-0.25, -0.2) is 9.31 Å². The average Bonchev–Trinajstić information content (AvgIpc) is 3.31. The van der Waals surface area contributed by atoms with Gasteiger partial charge in [-0.15, -0.1) is 4.73 Å². The number of carbonyl (C=O) groups is 2. The number of nitrogens with zero attached hydrogens (tertiary/aromatic N) is 3. The Labute approximate surface area is 194 Å². The fourth-order valence-electron chi connectivity index (χ4n) is 3.50. The van der Waals surface area contributed by atoms with Crippen molar-refractivity contribution in [3.05, 3.63) is 64.4 Å². The maximum absolute atomic E-state index is 13.4. The van der Waals surface area contributed by atoms with Gasteiger partial charge in [0, 0.05) is 12.5 Å². The molecular weight excluding hydrogens is 442 g/mol. The lowest BCUT2D eigenvalue weighted by Gasteiger charge is -2.17. The van der Waals surface area contributed by atoms with Crippen LogP contribution in [0.15, 0.2) is 53.3 Å². The molecule has 1 unspecified atom stereocenters. The van der Waals surface area contributed by atoms with Crippen molar-refractivity contribution in [3.63, 3.8) is 0 Å². The minimum Gasteiger partial charge on any atom is -0.497 e. The zero-order valence-electron chi connectivity index (χ0n) is 18.9. The molecule has 4 aromatic rings. The van der Waals surface area contributed by atoms with Crippen LogP contribution in [0.5, 0.6) is 5.75 Å². The number of benzene rings is 2. The zero-order chi connectivity index (χ0) is 24.2. The molecule has 0 amide bonds. The van der Waals surface area contributed by atoms with Gasteiger partial charge in [0.2, 0.25) is 6.29 Å². The third-order valence-corrected chi connectivity index (χ3v) is 5.09. The number of fused-ring (bicyclic) bond motifs is 3. The summed E-state index contributed by atoms with van der Waals surface area (Å²) < 4.78 is 18.1. The van der Waals surface area contributed by atoms with Gasteiger partial charge in [-0.3, -0.25) is 4.79 Å². The van der Waals surface area contributed by atoms with Gasteiger partial charge in [0.1, 0.15) is 29.7 Å². The standard InChI is InChI=1S/C24H23N3O7/c1-4-32-24(30)17-7-10-20-21(13-17)27(34-15(2)33-12-11-28)23(29)22-14-19(25-26(20)22)16-5-8-18(31-3)9-6-16/h5-11,13-15H,4,12H2,1-3H3. The van der Waals surface area contributed by atoms with E-state index < -0.39 is 17.8 Å². The second kappa shape index (κ2) is 9.75. The van der Waals surface area contributed by atoms with Crippen LogP contribution in [0.1, 0.15) is 24.2 Å². The largest absolute Gasteiger partial charge is 0.497 e. The summed E-state index contributed by atoms with van der Waals surface area (Å²) in [6, 6.07) is 13.7. The van der Waals surface area contributed by atoms with Crippen molar-refractivity contribution in [1.29, 1.82) is 0 Å². The molecule has 0 aliphatic carbocycles. The van der Waals surface area contributed by atoms with Crippen molar-refractivity contribution >= 4 is 28.8 Å². The molecule has 1 atom stereocenters. The molecule has 0 saturated carbocycles. The van der Waals surface area contributed by atoms with Gasteiger partial charge in [0.05, 0.1) is 30.5 Å². The average molecular weight is 465 g/mol. The van der Waals surface area contributed by atoms with E-state index in [1.54, 1.807) is 51.3 Å². The Morgan fingerprint density at radius 1 is 1.09 bits per heavy atom.